The molecule has 164 valence electrons. The highest BCUT2D eigenvalue weighted by molar-refractivity contribution is 6.00. The summed E-state index contributed by atoms with van der Waals surface area (Å²) >= 11 is 0. The number of carbonyl (C=O) groups is 3. The fourth-order valence-corrected chi connectivity index (χ4v) is 3.95. The van der Waals surface area contributed by atoms with Gasteiger partial charge in [-0.25, -0.2) is 9.59 Å². The molecule has 1 atom stereocenters. The third-order valence-electron chi connectivity index (χ3n) is 5.54. The van der Waals surface area contributed by atoms with Crippen molar-refractivity contribution in [3.63, 3.8) is 0 Å². The van der Waals surface area contributed by atoms with Crippen molar-refractivity contribution < 1.29 is 28.6 Å². The van der Waals surface area contributed by atoms with E-state index >= 15 is 0 Å². The van der Waals surface area contributed by atoms with Crippen LogP contribution in [-0.2, 0) is 14.3 Å². The number of hydrogen-bond donors (Lipinski definition) is 2. The minimum absolute atomic E-state index is 0.0543. The van der Waals surface area contributed by atoms with Crippen LogP contribution in [0.15, 0.2) is 53.7 Å². The van der Waals surface area contributed by atoms with Gasteiger partial charge in [0.05, 0.1) is 17.3 Å². The highest BCUT2D eigenvalue weighted by Crippen LogP contribution is 2.35. The van der Waals surface area contributed by atoms with Gasteiger partial charge in [0, 0.05) is 11.8 Å². The number of amides is 3. The maximum Gasteiger partial charge on any atom is 0.338 e. The summed E-state index contributed by atoms with van der Waals surface area (Å²) in [4.78, 5) is 39.3. The molecular weight excluding hydrogens is 414 g/mol. The quantitative estimate of drug-likeness (QED) is 0.714. The first-order chi connectivity index (χ1) is 15.5. The monoisotopic (exact) mass is 435 g/mol. The van der Waals surface area contributed by atoms with E-state index in [1.165, 1.54) is 4.90 Å². The molecule has 5 rings (SSSR count). The van der Waals surface area contributed by atoms with E-state index in [9.17, 15) is 14.4 Å². The number of benzene rings is 2. The minimum atomic E-state index is -0.620. The molecule has 0 spiro atoms. The van der Waals surface area contributed by atoms with Crippen LogP contribution in [-0.4, -0.2) is 49.2 Å². The molecule has 3 aliphatic rings. The van der Waals surface area contributed by atoms with Crippen LogP contribution in [0.3, 0.4) is 0 Å². The highest BCUT2D eigenvalue weighted by Gasteiger charge is 2.42. The number of carbonyl (C=O) groups excluding carboxylic acids is 3. The zero-order valence-corrected chi connectivity index (χ0v) is 17.3. The second-order valence-electron chi connectivity index (χ2n) is 7.72. The first-order valence-corrected chi connectivity index (χ1v) is 10.2. The third kappa shape index (κ3) is 3.62. The maximum atomic E-state index is 12.9. The van der Waals surface area contributed by atoms with Crippen LogP contribution in [0.4, 0.5) is 10.5 Å². The first-order valence-electron chi connectivity index (χ1n) is 10.2. The van der Waals surface area contributed by atoms with Crippen LogP contribution in [0.2, 0.25) is 0 Å². The minimum Gasteiger partial charge on any atom is -0.486 e. The Balaban J connectivity index is 1.36. The fourth-order valence-electron chi connectivity index (χ4n) is 3.95. The lowest BCUT2D eigenvalue weighted by molar-refractivity contribution is -0.136. The van der Waals surface area contributed by atoms with Gasteiger partial charge in [0.15, 0.2) is 11.5 Å². The molecule has 2 aromatic rings. The van der Waals surface area contributed by atoms with Gasteiger partial charge in [0.25, 0.3) is 0 Å². The van der Waals surface area contributed by atoms with E-state index in [2.05, 4.69) is 10.6 Å². The number of esters is 1. The van der Waals surface area contributed by atoms with Crippen molar-refractivity contribution >= 4 is 23.6 Å². The zero-order chi connectivity index (χ0) is 22.2. The van der Waals surface area contributed by atoms with Crippen LogP contribution in [0.5, 0.6) is 11.5 Å². The van der Waals surface area contributed by atoms with E-state index in [1.807, 2.05) is 31.2 Å². The lowest BCUT2D eigenvalue weighted by atomic mass is 9.95. The Hall–Kier alpha value is -4.01. The zero-order valence-electron chi connectivity index (χ0n) is 17.3. The van der Waals surface area contributed by atoms with Crippen molar-refractivity contribution in [1.29, 1.82) is 0 Å². The number of rotatable bonds is 4. The van der Waals surface area contributed by atoms with Crippen LogP contribution >= 0.6 is 0 Å². The number of anilines is 1. The molecule has 9 nitrogen and oxygen atoms in total. The first kappa shape index (κ1) is 19.9. The van der Waals surface area contributed by atoms with E-state index in [4.69, 9.17) is 14.2 Å². The standard InChI is InChI=1S/C23H21N3O6/c1-13-2-4-14(5-3-13)21-20-16(12-32-22(20)28)26(23(29)25-21)11-19(27)24-15-6-7-17-18(10-15)31-9-8-30-17/h2-7,10,21H,8-9,11-12H2,1H3,(H,24,27)(H,25,29). The van der Waals surface area contributed by atoms with E-state index in [-0.39, 0.29) is 13.2 Å². The highest BCUT2D eigenvalue weighted by atomic mass is 16.6. The van der Waals surface area contributed by atoms with Crippen LogP contribution in [0, 0.1) is 6.92 Å². The Labute approximate surface area is 183 Å². The molecule has 2 N–H and O–H groups in total. The summed E-state index contributed by atoms with van der Waals surface area (Å²) in [6.07, 6.45) is 0. The van der Waals surface area contributed by atoms with E-state index in [1.54, 1.807) is 18.2 Å². The Bertz CT molecular complexity index is 1140. The SMILES string of the molecule is Cc1ccc(C2NC(=O)N(CC(=O)Nc3ccc4c(c3)OCCO4)C3=C2C(=O)OC3)cc1. The number of nitrogens with zero attached hydrogens (tertiary/aromatic N) is 1. The van der Waals surface area contributed by atoms with E-state index in [0.29, 0.717) is 41.7 Å². The molecular formula is C23H21N3O6. The number of aryl methyl sites for hydroxylation is 1. The van der Waals surface area contributed by atoms with Gasteiger partial charge in [0.2, 0.25) is 5.91 Å². The van der Waals surface area contributed by atoms with Crippen molar-refractivity contribution in [2.75, 3.05) is 31.7 Å². The molecule has 0 fully saturated rings. The summed E-state index contributed by atoms with van der Waals surface area (Å²) in [5.74, 6) is 0.244. The van der Waals surface area contributed by atoms with Gasteiger partial charge in [-0.15, -0.1) is 0 Å². The molecule has 9 heteroatoms. The summed E-state index contributed by atoms with van der Waals surface area (Å²) < 4.78 is 16.2. The van der Waals surface area contributed by atoms with Crippen molar-refractivity contribution in [3.8, 4) is 11.5 Å². The number of urea groups is 1. The average molecular weight is 435 g/mol. The summed E-state index contributed by atoms with van der Waals surface area (Å²) in [5, 5.41) is 5.58. The van der Waals surface area contributed by atoms with Crippen LogP contribution in [0.25, 0.3) is 0 Å². The Morgan fingerprint density at radius 2 is 1.81 bits per heavy atom. The normalized spacial score (nSPS) is 19.3. The van der Waals surface area contributed by atoms with Gasteiger partial charge >= 0.3 is 12.0 Å². The summed E-state index contributed by atoms with van der Waals surface area (Å²) in [6, 6.07) is 11.5. The van der Waals surface area contributed by atoms with Crippen molar-refractivity contribution in [3.05, 3.63) is 64.9 Å². The van der Waals surface area contributed by atoms with Gasteiger partial charge in [-0.3, -0.25) is 9.69 Å². The second kappa shape index (κ2) is 7.92. The fraction of sp³-hybridized carbons (Fsp3) is 0.261. The molecule has 0 bridgehead atoms. The average Bonchev–Trinajstić information content (AvgIpc) is 3.17. The second-order valence-corrected chi connectivity index (χ2v) is 7.72. The Morgan fingerprint density at radius 3 is 2.59 bits per heavy atom. The lowest BCUT2D eigenvalue weighted by Gasteiger charge is -2.32. The largest absolute Gasteiger partial charge is 0.486 e. The molecule has 0 saturated heterocycles. The molecule has 32 heavy (non-hydrogen) atoms. The molecule has 3 amide bonds. The summed E-state index contributed by atoms with van der Waals surface area (Å²) in [7, 11) is 0. The van der Waals surface area contributed by atoms with Crippen molar-refractivity contribution in [1.82, 2.24) is 10.2 Å². The molecule has 3 heterocycles. The number of nitrogens with one attached hydrogen (secondary N) is 2. The number of fused-ring (bicyclic) bond motifs is 1. The topological polar surface area (TPSA) is 106 Å². The smallest absolute Gasteiger partial charge is 0.338 e. The number of ether oxygens (including phenoxy) is 3. The Morgan fingerprint density at radius 1 is 1.06 bits per heavy atom. The van der Waals surface area contributed by atoms with Gasteiger partial charge in [0.1, 0.15) is 26.4 Å². The lowest BCUT2D eigenvalue weighted by Crippen LogP contribution is -2.49. The van der Waals surface area contributed by atoms with Crippen molar-refractivity contribution in [2.24, 2.45) is 0 Å². The van der Waals surface area contributed by atoms with Gasteiger partial charge < -0.3 is 24.8 Å². The Kier molecular flexibility index (Phi) is 4.93. The summed E-state index contributed by atoms with van der Waals surface area (Å²) in [5.41, 5.74) is 3.11. The number of hydrogen-bond acceptors (Lipinski definition) is 6. The third-order valence-corrected chi connectivity index (χ3v) is 5.54. The molecule has 0 radical (unpaired) electrons. The van der Waals surface area contributed by atoms with Crippen LogP contribution in [0.1, 0.15) is 17.2 Å². The van der Waals surface area contributed by atoms with E-state index in [0.717, 1.165) is 11.1 Å². The predicted octanol–water partition coefficient (Wildman–Crippen LogP) is 2.28. The van der Waals surface area contributed by atoms with Crippen LogP contribution < -0.4 is 20.1 Å². The summed E-state index contributed by atoms with van der Waals surface area (Å²) in [6.45, 7) is 2.55. The van der Waals surface area contributed by atoms with Gasteiger partial charge in [-0.2, -0.15) is 0 Å². The molecule has 0 saturated carbocycles. The molecule has 3 aliphatic heterocycles. The maximum absolute atomic E-state index is 12.9. The number of cyclic esters (lactones) is 1. The molecule has 0 aromatic heterocycles. The van der Waals surface area contributed by atoms with Gasteiger partial charge in [-0.05, 0) is 24.6 Å². The molecule has 0 aliphatic carbocycles. The van der Waals surface area contributed by atoms with E-state index < -0.39 is 23.9 Å². The van der Waals surface area contributed by atoms with Crippen molar-refractivity contribution in [2.45, 2.75) is 13.0 Å². The van der Waals surface area contributed by atoms with Gasteiger partial charge in [-0.1, -0.05) is 29.8 Å². The molecule has 2 aromatic carbocycles. The predicted molar refractivity (Wildman–Crippen MR) is 113 cm³/mol. The molecule has 1 unspecified atom stereocenters.